The lowest BCUT2D eigenvalue weighted by atomic mass is 10.0. The fourth-order valence-electron chi connectivity index (χ4n) is 4.34. The first-order valence-corrected chi connectivity index (χ1v) is 11.2. The van der Waals surface area contributed by atoms with Crippen molar-refractivity contribution in [1.29, 1.82) is 0 Å². The molecule has 5 nitrogen and oxygen atoms in total. The van der Waals surface area contributed by atoms with Gasteiger partial charge < -0.3 is 4.90 Å². The van der Waals surface area contributed by atoms with Gasteiger partial charge in [0.2, 0.25) is 0 Å². The number of sulfone groups is 1. The van der Waals surface area contributed by atoms with Crippen LogP contribution in [-0.4, -0.2) is 44.5 Å². The molecule has 2 aliphatic rings. The van der Waals surface area contributed by atoms with Gasteiger partial charge in [-0.25, -0.2) is 12.8 Å². The molecular formula is C21H24FN2O3S+. The minimum atomic E-state index is -3.22. The number of hydrogen-bond acceptors (Lipinski definition) is 3. The molecule has 0 radical (unpaired) electrons. The van der Waals surface area contributed by atoms with Crippen LogP contribution in [0.15, 0.2) is 42.5 Å². The Balaban J connectivity index is 1.67. The summed E-state index contributed by atoms with van der Waals surface area (Å²) in [4.78, 5) is 15.7. The molecule has 148 valence electrons. The molecule has 2 saturated heterocycles. The second kappa shape index (κ2) is 6.97. The van der Waals surface area contributed by atoms with Crippen molar-refractivity contribution in [2.24, 2.45) is 0 Å². The fourth-order valence-corrected chi connectivity index (χ4v) is 6.38. The Hall–Kier alpha value is -2.25. The zero-order valence-corrected chi connectivity index (χ0v) is 16.8. The predicted octanol–water partition coefficient (Wildman–Crippen LogP) is 1.04. The van der Waals surface area contributed by atoms with E-state index >= 15 is 0 Å². The van der Waals surface area contributed by atoms with Crippen molar-refractivity contribution >= 4 is 21.4 Å². The molecule has 1 N–H and O–H groups in total. The maximum absolute atomic E-state index is 13.2. The third-order valence-corrected chi connectivity index (χ3v) is 7.66. The van der Waals surface area contributed by atoms with Crippen LogP contribution < -0.4 is 9.80 Å². The van der Waals surface area contributed by atoms with Gasteiger partial charge in [-0.2, -0.15) is 0 Å². The average Bonchev–Trinajstić information content (AvgIpc) is 2.95. The zero-order valence-electron chi connectivity index (χ0n) is 16.0. The number of benzene rings is 2. The number of carbonyl (C=O) groups is 1. The summed E-state index contributed by atoms with van der Waals surface area (Å²) < 4.78 is 38.1. The van der Waals surface area contributed by atoms with Crippen molar-refractivity contribution in [3.8, 4) is 0 Å². The number of aryl methyl sites for hydroxylation is 2. The third-order valence-electron chi connectivity index (χ3n) is 5.94. The van der Waals surface area contributed by atoms with E-state index in [1.807, 2.05) is 32.0 Å². The van der Waals surface area contributed by atoms with E-state index in [0.717, 1.165) is 27.3 Å². The number of amides is 1. The van der Waals surface area contributed by atoms with E-state index in [9.17, 15) is 17.6 Å². The van der Waals surface area contributed by atoms with Crippen molar-refractivity contribution in [3.05, 3.63) is 65.0 Å². The molecular weight excluding hydrogens is 379 g/mol. The molecule has 28 heavy (non-hydrogen) atoms. The van der Waals surface area contributed by atoms with Gasteiger partial charge in [-0.3, -0.25) is 9.69 Å². The lowest BCUT2D eigenvalue weighted by Crippen LogP contribution is -3.19. The van der Waals surface area contributed by atoms with Gasteiger partial charge in [0, 0.05) is 11.3 Å². The number of piperazine rings is 1. The van der Waals surface area contributed by atoms with Crippen molar-refractivity contribution in [3.63, 3.8) is 0 Å². The fraction of sp³-hybridized carbons (Fsp3) is 0.381. The summed E-state index contributed by atoms with van der Waals surface area (Å²) in [5.41, 5.74) is 3.86. The Kier molecular flexibility index (Phi) is 4.75. The van der Waals surface area contributed by atoms with E-state index in [4.69, 9.17) is 0 Å². The average molecular weight is 403 g/mol. The van der Waals surface area contributed by atoms with Crippen LogP contribution >= 0.6 is 0 Å². The first kappa shape index (κ1) is 19.1. The van der Waals surface area contributed by atoms with E-state index in [2.05, 4.69) is 0 Å². The Morgan fingerprint density at radius 3 is 2.46 bits per heavy atom. The number of halogens is 1. The van der Waals surface area contributed by atoms with Crippen LogP contribution in [0.1, 0.15) is 16.7 Å². The molecule has 4 rings (SSSR count). The second-order valence-corrected chi connectivity index (χ2v) is 10.1. The van der Waals surface area contributed by atoms with E-state index in [-0.39, 0.29) is 41.9 Å². The standard InChI is InChI=1S/C21H23FN2O3S/c1-14-3-8-18(9-15(14)2)24-20-13-28(26,27)12-19(20)23(11-21(24)25)10-16-4-6-17(22)7-5-16/h3-9,19-20H,10-13H2,1-2H3/p+1/t19-,20+/m0/s1. The maximum atomic E-state index is 13.2. The summed E-state index contributed by atoms with van der Waals surface area (Å²) in [7, 11) is -3.22. The topological polar surface area (TPSA) is 58.9 Å². The molecule has 1 amide bonds. The number of carbonyl (C=O) groups excluding carboxylic acids is 1. The monoisotopic (exact) mass is 403 g/mol. The van der Waals surface area contributed by atoms with E-state index in [1.165, 1.54) is 12.1 Å². The summed E-state index contributed by atoms with van der Waals surface area (Å²) in [6.45, 7) is 4.72. The maximum Gasteiger partial charge on any atom is 0.282 e. The van der Waals surface area contributed by atoms with Crippen LogP contribution in [0.2, 0.25) is 0 Å². The van der Waals surface area contributed by atoms with Crippen LogP contribution in [-0.2, 0) is 21.2 Å². The van der Waals surface area contributed by atoms with Gasteiger partial charge in [-0.15, -0.1) is 0 Å². The number of nitrogens with one attached hydrogen (secondary N) is 1. The number of anilines is 1. The molecule has 2 aliphatic heterocycles. The van der Waals surface area contributed by atoms with Crippen LogP contribution in [0.5, 0.6) is 0 Å². The molecule has 0 spiro atoms. The highest BCUT2D eigenvalue weighted by Gasteiger charge is 2.52. The molecule has 7 heteroatoms. The lowest BCUT2D eigenvalue weighted by Gasteiger charge is -2.41. The van der Waals surface area contributed by atoms with Gasteiger partial charge in [-0.05, 0) is 49.2 Å². The molecule has 2 aromatic carbocycles. The van der Waals surface area contributed by atoms with Gasteiger partial charge >= 0.3 is 0 Å². The second-order valence-electron chi connectivity index (χ2n) is 7.92. The van der Waals surface area contributed by atoms with Gasteiger partial charge in [0.1, 0.15) is 30.2 Å². The Morgan fingerprint density at radius 1 is 1.07 bits per heavy atom. The molecule has 0 aliphatic carbocycles. The highest BCUT2D eigenvalue weighted by molar-refractivity contribution is 7.91. The minimum Gasteiger partial charge on any atom is -0.318 e. The normalized spacial score (nSPS) is 26.3. The predicted molar refractivity (Wildman–Crippen MR) is 106 cm³/mol. The summed E-state index contributed by atoms with van der Waals surface area (Å²) in [5.74, 6) is -0.319. The third kappa shape index (κ3) is 3.56. The SMILES string of the molecule is Cc1ccc(N2C(=O)C[NH+](Cc3ccc(F)cc3)[C@H]3CS(=O)(=O)C[C@H]32)cc1C. The lowest BCUT2D eigenvalue weighted by molar-refractivity contribution is -0.931. The Morgan fingerprint density at radius 2 is 1.79 bits per heavy atom. The van der Waals surface area contributed by atoms with Crippen molar-refractivity contribution < 1.29 is 22.5 Å². The number of quaternary nitrogens is 1. The first-order valence-electron chi connectivity index (χ1n) is 9.42. The van der Waals surface area contributed by atoms with Gasteiger partial charge in [0.25, 0.3) is 5.91 Å². The number of nitrogens with zero attached hydrogens (tertiary/aromatic N) is 1. The van der Waals surface area contributed by atoms with Gasteiger partial charge in [-0.1, -0.05) is 18.2 Å². The molecule has 2 heterocycles. The van der Waals surface area contributed by atoms with E-state index in [0.29, 0.717) is 6.54 Å². The molecule has 0 saturated carbocycles. The highest BCUT2D eigenvalue weighted by atomic mass is 32.2. The summed E-state index contributed by atoms with van der Waals surface area (Å²) in [5, 5.41) is 0. The first-order chi connectivity index (χ1) is 13.2. The molecule has 0 aromatic heterocycles. The largest absolute Gasteiger partial charge is 0.318 e. The molecule has 2 fully saturated rings. The summed E-state index contributed by atoms with van der Waals surface area (Å²) >= 11 is 0. The molecule has 0 bridgehead atoms. The van der Waals surface area contributed by atoms with Crippen LogP contribution in [0.25, 0.3) is 0 Å². The van der Waals surface area contributed by atoms with E-state index in [1.54, 1.807) is 17.0 Å². The van der Waals surface area contributed by atoms with Crippen LogP contribution in [0.4, 0.5) is 10.1 Å². The number of hydrogen-bond donors (Lipinski definition) is 1. The summed E-state index contributed by atoms with van der Waals surface area (Å²) in [6, 6.07) is 11.4. The van der Waals surface area contributed by atoms with Crippen LogP contribution in [0, 0.1) is 19.7 Å². The van der Waals surface area contributed by atoms with Crippen molar-refractivity contribution in [2.75, 3.05) is 23.0 Å². The van der Waals surface area contributed by atoms with Crippen LogP contribution in [0.3, 0.4) is 0 Å². The van der Waals surface area contributed by atoms with Gasteiger partial charge in [0.05, 0.1) is 5.75 Å². The smallest absolute Gasteiger partial charge is 0.282 e. The Labute approximate surface area is 164 Å². The van der Waals surface area contributed by atoms with Gasteiger partial charge in [0.15, 0.2) is 16.4 Å². The molecule has 3 atom stereocenters. The number of fused-ring (bicyclic) bond motifs is 1. The van der Waals surface area contributed by atoms with E-state index < -0.39 is 9.84 Å². The molecule has 2 aromatic rings. The molecule has 1 unspecified atom stereocenters. The number of rotatable bonds is 3. The zero-order chi connectivity index (χ0) is 20.1. The summed E-state index contributed by atoms with van der Waals surface area (Å²) in [6.07, 6.45) is 0. The highest BCUT2D eigenvalue weighted by Crippen LogP contribution is 2.27. The minimum absolute atomic E-state index is 0.0107. The Bertz CT molecular complexity index is 1020. The van der Waals surface area contributed by atoms with Crippen molar-refractivity contribution in [1.82, 2.24) is 0 Å². The van der Waals surface area contributed by atoms with Crippen molar-refractivity contribution in [2.45, 2.75) is 32.5 Å². The quantitative estimate of drug-likeness (QED) is 0.833.